The number of halogens is 1. The first-order chi connectivity index (χ1) is 11.5. The highest BCUT2D eigenvalue weighted by Gasteiger charge is 2.34. The van der Waals surface area contributed by atoms with Gasteiger partial charge in [-0.1, -0.05) is 11.6 Å². The van der Waals surface area contributed by atoms with E-state index in [-0.39, 0.29) is 10.7 Å². The topological polar surface area (TPSA) is 88.3 Å². The molecule has 1 fully saturated rings. The number of nitrogens with two attached hydrogens (primary N) is 1. The summed E-state index contributed by atoms with van der Waals surface area (Å²) in [5, 5.41) is 3.04. The lowest BCUT2D eigenvalue weighted by Crippen LogP contribution is -2.54. The van der Waals surface area contributed by atoms with Gasteiger partial charge in [-0.3, -0.25) is 24.8 Å². The summed E-state index contributed by atoms with van der Waals surface area (Å²) in [5.74, 6) is -1.12. The smallest absolute Gasteiger partial charge is 0.270 e. The number of hydrogen-bond donors (Lipinski definition) is 2. The Balaban J connectivity index is 2.03. The summed E-state index contributed by atoms with van der Waals surface area (Å²) in [5.41, 5.74) is 7.12. The van der Waals surface area contributed by atoms with E-state index in [2.05, 4.69) is 10.3 Å². The monoisotopic (exact) mass is 358 g/mol. The van der Waals surface area contributed by atoms with Gasteiger partial charge in [-0.05, 0) is 48.6 Å². The lowest BCUT2D eigenvalue weighted by molar-refractivity contribution is -0.122. The van der Waals surface area contributed by atoms with Gasteiger partial charge in [0.25, 0.3) is 11.8 Å². The minimum Gasteiger partial charge on any atom is -0.397 e. The molecule has 1 saturated heterocycles. The van der Waals surface area contributed by atoms with Gasteiger partial charge >= 0.3 is 0 Å². The molecule has 0 aliphatic carbocycles. The van der Waals surface area contributed by atoms with Gasteiger partial charge in [-0.2, -0.15) is 0 Å². The van der Waals surface area contributed by atoms with Gasteiger partial charge in [-0.25, -0.2) is 0 Å². The molecule has 1 aromatic carbocycles. The second-order valence-electron chi connectivity index (χ2n) is 4.94. The molecule has 8 heteroatoms. The Bertz CT molecular complexity index is 880. The maximum atomic E-state index is 12.8. The lowest BCUT2D eigenvalue weighted by Gasteiger charge is -2.29. The van der Waals surface area contributed by atoms with Crippen molar-refractivity contribution in [2.45, 2.75) is 0 Å². The summed E-state index contributed by atoms with van der Waals surface area (Å²) >= 11 is 11.0. The summed E-state index contributed by atoms with van der Waals surface area (Å²) in [4.78, 5) is 30.0. The summed E-state index contributed by atoms with van der Waals surface area (Å²) < 4.78 is 0. The number of thiocarbonyl (C=S) groups is 1. The van der Waals surface area contributed by atoms with Crippen molar-refractivity contribution in [2.24, 2.45) is 0 Å². The second-order valence-corrected chi connectivity index (χ2v) is 5.76. The number of aromatic nitrogens is 1. The third-order valence-electron chi connectivity index (χ3n) is 3.37. The summed E-state index contributed by atoms with van der Waals surface area (Å²) in [6.07, 6.45) is 4.38. The first kappa shape index (κ1) is 16.1. The van der Waals surface area contributed by atoms with Crippen LogP contribution in [0.1, 0.15) is 5.56 Å². The molecular formula is C16H11ClN4O2S. The molecule has 2 amide bonds. The van der Waals surface area contributed by atoms with E-state index in [4.69, 9.17) is 29.6 Å². The largest absolute Gasteiger partial charge is 0.397 e. The van der Waals surface area contributed by atoms with Crippen molar-refractivity contribution in [2.75, 3.05) is 10.6 Å². The molecule has 3 rings (SSSR count). The molecule has 6 nitrogen and oxygen atoms in total. The Morgan fingerprint density at radius 2 is 1.92 bits per heavy atom. The van der Waals surface area contributed by atoms with Crippen molar-refractivity contribution in [1.82, 2.24) is 10.3 Å². The zero-order valence-electron chi connectivity index (χ0n) is 12.2. The number of nitrogen functional groups attached to an aromatic ring is 1. The Hall–Kier alpha value is -2.77. The molecule has 3 N–H and O–H groups in total. The van der Waals surface area contributed by atoms with Crippen LogP contribution in [0.5, 0.6) is 0 Å². The summed E-state index contributed by atoms with van der Waals surface area (Å²) in [6.45, 7) is 0. The number of anilines is 2. The van der Waals surface area contributed by atoms with E-state index in [1.54, 1.807) is 30.3 Å². The molecule has 0 radical (unpaired) electrons. The SMILES string of the molecule is Nc1cnccc1/C=C1/C(=O)NC(=S)N(c2ccc(Cl)cc2)C1=O. The van der Waals surface area contributed by atoms with Gasteiger partial charge in [0.15, 0.2) is 5.11 Å². The molecule has 120 valence electrons. The Kier molecular flexibility index (Phi) is 4.28. The number of nitrogens with one attached hydrogen (secondary N) is 1. The van der Waals surface area contributed by atoms with Crippen LogP contribution in [-0.4, -0.2) is 21.9 Å². The molecule has 2 aromatic rings. The number of rotatable bonds is 2. The minimum absolute atomic E-state index is 0.00664. The zero-order chi connectivity index (χ0) is 17.3. The summed E-state index contributed by atoms with van der Waals surface area (Å²) in [7, 11) is 0. The minimum atomic E-state index is -0.577. The molecule has 1 aliphatic heterocycles. The highest BCUT2D eigenvalue weighted by atomic mass is 35.5. The van der Waals surface area contributed by atoms with Crippen LogP contribution in [0.15, 0.2) is 48.3 Å². The zero-order valence-corrected chi connectivity index (χ0v) is 13.8. The van der Waals surface area contributed by atoms with E-state index in [0.29, 0.717) is 22.0 Å². The van der Waals surface area contributed by atoms with Crippen LogP contribution in [0.4, 0.5) is 11.4 Å². The van der Waals surface area contributed by atoms with Crippen LogP contribution in [0.25, 0.3) is 6.08 Å². The lowest BCUT2D eigenvalue weighted by atomic mass is 10.1. The van der Waals surface area contributed by atoms with Crippen LogP contribution in [0.2, 0.25) is 5.02 Å². The number of benzene rings is 1. The average molecular weight is 359 g/mol. The van der Waals surface area contributed by atoms with Gasteiger partial charge in [0.1, 0.15) is 5.57 Å². The van der Waals surface area contributed by atoms with Gasteiger partial charge in [0, 0.05) is 16.8 Å². The standard InChI is InChI=1S/C16H11ClN4O2S/c17-10-1-3-11(4-2-10)21-15(23)12(14(22)20-16(21)24)7-9-5-6-19-8-13(9)18/h1-8H,18H2,(H,20,22,24)/b12-7-. The quantitative estimate of drug-likeness (QED) is 0.488. The van der Waals surface area contributed by atoms with E-state index in [9.17, 15) is 9.59 Å². The maximum Gasteiger partial charge on any atom is 0.270 e. The third-order valence-corrected chi connectivity index (χ3v) is 3.91. The number of amides is 2. The van der Waals surface area contributed by atoms with E-state index >= 15 is 0 Å². The fourth-order valence-electron chi connectivity index (χ4n) is 2.19. The molecule has 0 atom stereocenters. The van der Waals surface area contributed by atoms with Crippen molar-refractivity contribution >= 4 is 58.2 Å². The molecule has 0 spiro atoms. The predicted molar refractivity (Wildman–Crippen MR) is 96.3 cm³/mol. The maximum absolute atomic E-state index is 12.8. The van der Waals surface area contributed by atoms with Crippen LogP contribution in [0.3, 0.4) is 0 Å². The van der Waals surface area contributed by atoms with Gasteiger partial charge in [0.05, 0.1) is 17.6 Å². The average Bonchev–Trinajstić information content (AvgIpc) is 2.54. The van der Waals surface area contributed by atoms with E-state index in [0.717, 1.165) is 0 Å². The van der Waals surface area contributed by atoms with Crippen molar-refractivity contribution in [3.63, 3.8) is 0 Å². The van der Waals surface area contributed by atoms with Crippen molar-refractivity contribution in [3.8, 4) is 0 Å². The number of carbonyl (C=O) groups excluding carboxylic acids is 2. The fraction of sp³-hybridized carbons (Fsp3) is 0. The number of hydrogen-bond acceptors (Lipinski definition) is 5. The van der Waals surface area contributed by atoms with Crippen molar-refractivity contribution in [1.29, 1.82) is 0 Å². The van der Waals surface area contributed by atoms with Crippen LogP contribution in [-0.2, 0) is 9.59 Å². The fourth-order valence-corrected chi connectivity index (χ4v) is 2.59. The molecular weight excluding hydrogens is 348 g/mol. The molecule has 24 heavy (non-hydrogen) atoms. The number of nitrogens with zero attached hydrogens (tertiary/aromatic N) is 2. The molecule has 0 bridgehead atoms. The van der Waals surface area contributed by atoms with E-state index in [1.807, 2.05) is 0 Å². The van der Waals surface area contributed by atoms with Crippen LogP contribution < -0.4 is 16.0 Å². The normalized spacial score (nSPS) is 16.5. The second kappa shape index (κ2) is 6.38. The number of pyridine rings is 1. The molecule has 0 unspecified atom stereocenters. The van der Waals surface area contributed by atoms with E-state index < -0.39 is 11.8 Å². The molecule has 1 aliphatic rings. The molecule has 2 heterocycles. The van der Waals surface area contributed by atoms with Gasteiger partial charge in [0.2, 0.25) is 0 Å². The summed E-state index contributed by atoms with van der Waals surface area (Å²) in [6, 6.07) is 8.16. The Morgan fingerprint density at radius 3 is 2.58 bits per heavy atom. The first-order valence-electron chi connectivity index (χ1n) is 6.84. The highest BCUT2D eigenvalue weighted by molar-refractivity contribution is 7.80. The van der Waals surface area contributed by atoms with Crippen molar-refractivity contribution < 1.29 is 9.59 Å². The Morgan fingerprint density at radius 1 is 1.21 bits per heavy atom. The van der Waals surface area contributed by atoms with Gasteiger partial charge in [-0.15, -0.1) is 0 Å². The first-order valence-corrected chi connectivity index (χ1v) is 7.62. The third kappa shape index (κ3) is 2.99. The molecule has 1 aromatic heterocycles. The predicted octanol–water partition coefficient (Wildman–Crippen LogP) is 2.15. The highest BCUT2D eigenvalue weighted by Crippen LogP contribution is 2.24. The van der Waals surface area contributed by atoms with E-state index in [1.165, 1.54) is 23.4 Å². The van der Waals surface area contributed by atoms with Crippen LogP contribution in [0, 0.1) is 0 Å². The number of carbonyl (C=O) groups is 2. The van der Waals surface area contributed by atoms with Gasteiger partial charge < -0.3 is 5.73 Å². The van der Waals surface area contributed by atoms with Crippen molar-refractivity contribution in [3.05, 3.63) is 58.9 Å². The molecule has 0 saturated carbocycles. The van der Waals surface area contributed by atoms with Crippen LogP contribution >= 0.6 is 23.8 Å². The Labute approximate surface area is 147 Å².